The highest BCUT2D eigenvalue weighted by atomic mass is 32.3. The van der Waals surface area contributed by atoms with Crippen LogP contribution >= 0.6 is 11.8 Å². The van der Waals surface area contributed by atoms with Crippen molar-refractivity contribution in [3.05, 3.63) is 0 Å². The van der Waals surface area contributed by atoms with Gasteiger partial charge in [0.2, 0.25) is 5.78 Å². The van der Waals surface area contributed by atoms with Gasteiger partial charge in [0.1, 0.15) is 5.08 Å². The minimum absolute atomic E-state index is 0.00694. The maximum Gasteiger partial charge on any atom is 0.264 e. The molecule has 0 radical (unpaired) electrons. The lowest BCUT2D eigenvalue weighted by Gasteiger charge is -1.89. The molecule has 1 rings (SSSR count). The van der Waals surface area contributed by atoms with Gasteiger partial charge in [-0.25, -0.2) is 8.42 Å². The quantitative estimate of drug-likeness (QED) is 0.605. The van der Waals surface area contributed by atoms with Crippen molar-refractivity contribution in [2.45, 2.75) is 0 Å². The number of hydrogen-bond donors (Lipinski definition) is 1. The molecule has 0 unspecified atom stereocenters. The standard InChI is InChI=1S/C4H6N2O3S2/c5-1-3(7)4-6-11(8,9)2-10-4/h1-2,5H2. The lowest BCUT2D eigenvalue weighted by atomic mass is 10.4. The van der Waals surface area contributed by atoms with Gasteiger partial charge in [0.15, 0.2) is 5.04 Å². The number of thioether (sulfide) groups is 1. The van der Waals surface area contributed by atoms with Crippen LogP contribution in [0.25, 0.3) is 0 Å². The Bertz CT molecular complexity index is 305. The van der Waals surface area contributed by atoms with E-state index in [4.69, 9.17) is 5.73 Å². The van der Waals surface area contributed by atoms with Crippen LogP contribution in [0.5, 0.6) is 0 Å². The zero-order chi connectivity index (χ0) is 8.48. The third kappa shape index (κ3) is 2.01. The van der Waals surface area contributed by atoms with Crippen LogP contribution in [0.1, 0.15) is 0 Å². The molecule has 62 valence electrons. The second-order valence-corrected chi connectivity index (χ2v) is 4.83. The Kier molecular flexibility index (Phi) is 2.31. The Labute approximate surface area is 68.1 Å². The van der Waals surface area contributed by atoms with Crippen molar-refractivity contribution in [1.82, 2.24) is 0 Å². The van der Waals surface area contributed by atoms with Crippen LogP contribution in [0.15, 0.2) is 4.40 Å². The Balaban J connectivity index is 2.87. The number of carbonyl (C=O) groups excluding carboxylic acids is 1. The van der Waals surface area contributed by atoms with Gasteiger partial charge in [-0.05, 0) is 0 Å². The van der Waals surface area contributed by atoms with Crippen LogP contribution in [0.2, 0.25) is 0 Å². The Hall–Kier alpha value is -0.400. The van der Waals surface area contributed by atoms with Crippen molar-refractivity contribution in [1.29, 1.82) is 0 Å². The van der Waals surface area contributed by atoms with Gasteiger partial charge in [0.25, 0.3) is 10.0 Å². The first kappa shape index (κ1) is 8.69. The van der Waals surface area contributed by atoms with Crippen LogP contribution in [-0.4, -0.2) is 30.9 Å². The van der Waals surface area contributed by atoms with Crippen molar-refractivity contribution >= 4 is 32.6 Å². The molecule has 0 bridgehead atoms. The lowest BCUT2D eigenvalue weighted by molar-refractivity contribution is -0.111. The minimum atomic E-state index is -3.38. The van der Waals surface area contributed by atoms with Gasteiger partial charge in [0.05, 0.1) is 6.54 Å². The third-order valence-electron chi connectivity index (χ3n) is 0.991. The molecule has 5 nitrogen and oxygen atoms in total. The zero-order valence-electron chi connectivity index (χ0n) is 5.48. The smallest absolute Gasteiger partial charge is 0.264 e. The largest absolute Gasteiger partial charge is 0.324 e. The van der Waals surface area contributed by atoms with E-state index in [1.165, 1.54) is 0 Å². The van der Waals surface area contributed by atoms with Gasteiger partial charge in [-0.2, -0.15) is 4.40 Å². The Morgan fingerprint density at radius 3 is 2.73 bits per heavy atom. The summed E-state index contributed by atoms with van der Waals surface area (Å²) in [7, 11) is -3.38. The van der Waals surface area contributed by atoms with Gasteiger partial charge < -0.3 is 5.73 Å². The number of ketones is 1. The molecular formula is C4H6N2O3S2. The molecule has 0 aliphatic carbocycles. The van der Waals surface area contributed by atoms with Crippen LogP contribution < -0.4 is 5.73 Å². The van der Waals surface area contributed by atoms with Crippen LogP contribution in [0, 0.1) is 0 Å². The van der Waals surface area contributed by atoms with E-state index in [1.54, 1.807) is 0 Å². The van der Waals surface area contributed by atoms with Gasteiger partial charge in [-0.15, -0.1) is 0 Å². The first-order chi connectivity index (χ1) is 5.05. The molecule has 0 aromatic rings. The predicted molar refractivity (Wildman–Crippen MR) is 42.9 cm³/mol. The number of nitrogens with zero attached hydrogens (tertiary/aromatic N) is 1. The summed E-state index contributed by atoms with van der Waals surface area (Å²) < 4.78 is 24.5. The number of rotatable bonds is 2. The van der Waals surface area contributed by atoms with Crippen molar-refractivity contribution in [3.63, 3.8) is 0 Å². The Morgan fingerprint density at radius 2 is 2.36 bits per heavy atom. The summed E-state index contributed by atoms with van der Waals surface area (Å²) in [5, 5.41) is -0.138. The average Bonchev–Trinajstić information content (AvgIpc) is 2.29. The van der Waals surface area contributed by atoms with Crippen LogP contribution in [0.3, 0.4) is 0 Å². The van der Waals surface area contributed by atoms with Crippen molar-refractivity contribution in [3.8, 4) is 0 Å². The molecule has 0 aromatic carbocycles. The Morgan fingerprint density at radius 1 is 1.73 bits per heavy atom. The normalized spacial score (nSPS) is 21.4. The number of nitrogens with two attached hydrogens (primary N) is 1. The lowest BCUT2D eigenvalue weighted by Crippen LogP contribution is -2.19. The summed E-state index contributed by atoms with van der Waals surface area (Å²) in [6.45, 7) is -0.193. The van der Waals surface area contributed by atoms with Crippen molar-refractivity contribution < 1.29 is 13.2 Å². The van der Waals surface area contributed by atoms with E-state index in [0.29, 0.717) is 0 Å². The molecule has 7 heteroatoms. The molecule has 1 heterocycles. The second-order valence-electron chi connectivity index (χ2n) is 1.87. The SMILES string of the molecule is NCC(=O)C1=NS(=O)(=O)CS1. The summed E-state index contributed by atoms with van der Waals surface area (Å²) in [4.78, 5) is 10.8. The molecule has 0 amide bonds. The molecule has 0 atom stereocenters. The predicted octanol–water partition coefficient (Wildman–Crippen LogP) is -1.05. The number of Topliss-reactive ketones (excluding diaryl/α,β-unsaturated/α-hetero) is 1. The summed E-state index contributed by atoms with van der Waals surface area (Å²) in [5.41, 5.74) is 5.00. The highest BCUT2D eigenvalue weighted by molar-refractivity contribution is 8.26. The van der Waals surface area contributed by atoms with E-state index in [0.717, 1.165) is 11.8 Å². The summed E-state index contributed by atoms with van der Waals surface area (Å²) >= 11 is 0.914. The van der Waals surface area contributed by atoms with E-state index in [2.05, 4.69) is 4.40 Å². The molecule has 1 aliphatic rings. The fraction of sp³-hybridized carbons (Fsp3) is 0.500. The van der Waals surface area contributed by atoms with Crippen molar-refractivity contribution in [2.24, 2.45) is 10.1 Å². The summed E-state index contributed by atoms with van der Waals surface area (Å²) in [6.07, 6.45) is 0. The van der Waals surface area contributed by atoms with E-state index in [1.807, 2.05) is 0 Å². The minimum Gasteiger partial charge on any atom is -0.324 e. The number of carbonyl (C=O) groups is 1. The van der Waals surface area contributed by atoms with Crippen LogP contribution in [0.4, 0.5) is 0 Å². The first-order valence-electron chi connectivity index (χ1n) is 2.74. The highest BCUT2D eigenvalue weighted by Crippen LogP contribution is 2.19. The van der Waals surface area contributed by atoms with E-state index in [-0.39, 0.29) is 16.7 Å². The first-order valence-corrected chi connectivity index (χ1v) is 5.33. The second kappa shape index (κ2) is 2.92. The molecule has 0 fully saturated rings. The van der Waals surface area contributed by atoms with E-state index < -0.39 is 15.8 Å². The molecule has 0 aromatic heterocycles. The number of sulfonamides is 1. The monoisotopic (exact) mass is 194 g/mol. The topological polar surface area (TPSA) is 89.6 Å². The average molecular weight is 194 g/mol. The molecule has 0 saturated heterocycles. The van der Waals surface area contributed by atoms with Gasteiger partial charge in [-0.3, -0.25) is 4.79 Å². The third-order valence-corrected chi connectivity index (χ3v) is 3.82. The molecule has 0 saturated carbocycles. The fourth-order valence-electron chi connectivity index (χ4n) is 0.528. The molecule has 2 N–H and O–H groups in total. The maximum absolute atomic E-state index is 10.8. The van der Waals surface area contributed by atoms with Crippen molar-refractivity contribution in [2.75, 3.05) is 11.6 Å². The molecular weight excluding hydrogens is 188 g/mol. The molecule has 1 aliphatic heterocycles. The summed E-state index contributed by atoms with van der Waals surface area (Å²) in [5.74, 6) is -0.420. The highest BCUT2D eigenvalue weighted by Gasteiger charge is 2.24. The van der Waals surface area contributed by atoms with E-state index in [9.17, 15) is 13.2 Å². The molecule has 11 heavy (non-hydrogen) atoms. The van der Waals surface area contributed by atoms with Gasteiger partial charge >= 0.3 is 0 Å². The fourth-order valence-corrected chi connectivity index (χ4v) is 2.93. The molecule has 0 spiro atoms. The van der Waals surface area contributed by atoms with E-state index >= 15 is 0 Å². The zero-order valence-corrected chi connectivity index (χ0v) is 7.11. The van der Waals surface area contributed by atoms with Crippen LogP contribution in [-0.2, 0) is 14.8 Å². The van der Waals surface area contributed by atoms with Gasteiger partial charge in [0, 0.05) is 0 Å². The van der Waals surface area contributed by atoms with Gasteiger partial charge in [-0.1, -0.05) is 11.8 Å². The number of hydrogen-bond acceptors (Lipinski definition) is 5. The maximum atomic E-state index is 10.8. The summed E-state index contributed by atoms with van der Waals surface area (Å²) in [6, 6.07) is 0.